The molecule has 3 aliphatic carbocycles. The van der Waals surface area contributed by atoms with Crippen LogP contribution in [0.15, 0.2) is 83.8 Å². The average molecular weight is 433 g/mol. The molecule has 2 atom stereocenters. The Morgan fingerprint density at radius 2 is 1.13 bits per heavy atom. The Kier molecular flexibility index (Phi) is 4.23. The van der Waals surface area contributed by atoms with E-state index < -0.39 is 22.7 Å². The first-order valence-corrected chi connectivity index (χ1v) is 15.7. The lowest BCUT2D eigenvalue weighted by Crippen LogP contribution is -2.60. The van der Waals surface area contributed by atoms with Gasteiger partial charge in [-0.1, -0.05) is 86.4 Å². The van der Waals surface area contributed by atoms with Crippen molar-refractivity contribution in [3.8, 4) is 0 Å². The molecule has 0 amide bonds. The van der Waals surface area contributed by atoms with Crippen LogP contribution in [0.4, 0.5) is 0 Å². The summed E-state index contributed by atoms with van der Waals surface area (Å²) in [4.78, 5) is 0.443. The van der Waals surface area contributed by atoms with Crippen molar-refractivity contribution < 1.29 is 8.42 Å². The number of fused-ring (bicyclic) bond motifs is 1. The van der Waals surface area contributed by atoms with Gasteiger partial charge in [-0.25, -0.2) is 8.42 Å². The molecule has 4 heteroatoms. The average Bonchev–Trinajstić information content (AvgIpc) is 2.73. The zero-order chi connectivity index (χ0) is 21.3. The minimum absolute atomic E-state index is 0.0880. The molecule has 0 fully saturated rings. The van der Waals surface area contributed by atoms with E-state index >= 15 is 0 Å². The van der Waals surface area contributed by atoms with Gasteiger partial charge in [0.2, 0.25) is 0 Å². The molecule has 0 saturated heterocycles. The first-order chi connectivity index (χ1) is 14.2. The van der Waals surface area contributed by atoms with Crippen LogP contribution >= 0.6 is 0 Å². The van der Waals surface area contributed by atoms with Gasteiger partial charge in [0.1, 0.15) is 0 Å². The fraction of sp³-hybridized carbons (Fsp3) is 0.308. The van der Waals surface area contributed by atoms with Gasteiger partial charge in [0, 0.05) is 11.8 Å². The Morgan fingerprint density at radius 3 is 1.60 bits per heavy atom. The highest BCUT2D eigenvalue weighted by Gasteiger charge is 2.65. The fourth-order valence-corrected chi connectivity index (χ4v) is 13.3. The van der Waals surface area contributed by atoms with Crippen molar-refractivity contribution in [1.29, 1.82) is 0 Å². The number of benzene rings is 3. The topological polar surface area (TPSA) is 34.1 Å². The molecule has 0 unspecified atom stereocenters. The van der Waals surface area contributed by atoms with Crippen LogP contribution in [0.25, 0.3) is 0 Å². The molecule has 0 saturated carbocycles. The van der Waals surface area contributed by atoms with E-state index in [1.165, 1.54) is 22.3 Å². The summed E-state index contributed by atoms with van der Waals surface area (Å²) in [5.74, 6) is -0.0330. The summed E-state index contributed by atoms with van der Waals surface area (Å²) in [6.45, 7) is 9.05. The van der Waals surface area contributed by atoms with Gasteiger partial charge in [-0.3, -0.25) is 0 Å². The van der Waals surface area contributed by atoms with Crippen molar-refractivity contribution in [2.45, 2.75) is 53.6 Å². The van der Waals surface area contributed by atoms with E-state index in [0.29, 0.717) is 4.90 Å². The van der Waals surface area contributed by atoms with Crippen LogP contribution in [0.5, 0.6) is 0 Å². The van der Waals surface area contributed by atoms with E-state index in [0.717, 1.165) is 0 Å². The predicted octanol–water partition coefficient (Wildman–Crippen LogP) is 6.22. The molecule has 0 spiro atoms. The van der Waals surface area contributed by atoms with Gasteiger partial charge >= 0.3 is 0 Å². The molecule has 2 bridgehead atoms. The number of rotatable bonds is 3. The SMILES string of the molecule is C[C@]1(S(=O)(=O)c2ccccc2)C2c3ccccc3C(c3ccccc32)[C@H]1[Si](C)(C)C. The zero-order valence-electron chi connectivity index (χ0n) is 18.0. The monoisotopic (exact) mass is 432 g/mol. The van der Waals surface area contributed by atoms with Crippen LogP contribution < -0.4 is 0 Å². The lowest BCUT2D eigenvalue weighted by molar-refractivity contribution is 0.386. The minimum atomic E-state index is -3.58. The Balaban J connectivity index is 1.90. The van der Waals surface area contributed by atoms with Crippen LogP contribution in [-0.2, 0) is 9.84 Å². The molecule has 0 heterocycles. The maximum absolute atomic E-state index is 14.4. The van der Waals surface area contributed by atoms with Crippen molar-refractivity contribution >= 4 is 17.9 Å². The van der Waals surface area contributed by atoms with Gasteiger partial charge in [0.05, 0.1) is 17.7 Å². The molecular weight excluding hydrogens is 404 g/mol. The van der Waals surface area contributed by atoms with Crippen LogP contribution in [0.2, 0.25) is 25.2 Å². The molecule has 0 radical (unpaired) electrons. The second-order valence-corrected chi connectivity index (χ2v) is 17.7. The number of hydrogen-bond acceptors (Lipinski definition) is 2. The number of sulfone groups is 1. The number of hydrogen-bond donors (Lipinski definition) is 0. The summed E-state index contributed by atoms with van der Waals surface area (Å²) >= 11 is 0. The molecule has 3 aromatic rings. The maximum Gasteiger partial charge on any atom is 0.184 e. The minimum Gasteiger partial charge on any atom is -0.223 e. The summed E-state index contributed by atoms with van der Waals surface area (Å²) < 4.78 is 27.9. The third kappa shape index (κ3) is 2.44. The zero-order valence-corrected chi connectivity index (χ0v) is 19.8. The van der Waals surface area contributed by atoms with E-state index in [-0.39, 0.29) is 17.4 Å². The molecular formula is C26H28O2SSi. The first kappa shape index (κ1) is 19.8. The largest absolute Gasteiger partial charge is 0.223 e. The molecule has 30 heavy (non-hydrogen) atoms. The molecule has 6 rings (SSSR count). The van der Waals surface area contributed by atoms with E-state index in [1.807, 2.05) is 25.1 Å². The van der Waals surface area contributed by atoms with E-state index in [4.69, 9.17) is 0 Å². The third-order valence-corrected chi connectivity index (χ3v) is 12.9. The van der Waals surface area contributed by atoms with Crippen molar-refractivity contribution in [3.63, 3.8) is 0 Å². The van der Waals surface area contributed by atoms with Crippen molar-refractivity contribution in [3.05, 3.63) is 101 Å². The Labute approximate surface area is 180 Å². The summed E-state index contributed by atoms with van der Waals surface area (Å²) in [6.07, 6.45) is 0. The van der Waals surface area contributed by atoms with E-state index in [1.54, 1.807) is 12.1 Å². The summed E-state index contributed by atoms with van der Waals surface area (Å²) in [7, 11) is -5.48. The normalized spacial score (nSPS) is 27.4. The van der Waals surface area contributed by atoms with Gasteiger partial charge in [0.25, 0.3) is 0 Å². The molecule has 2 nitrogen and oxygen atoms in total. The van der Waals surface area contributed by atoms with Crippen LogP contribution in [0.3, 0.4) is 0 Å². The van der Waals surface area contributed by atoms with Gasteiger partial charge in [-0.15, -0.1) is 0 Å². The Bertz CT molecular complexity index is 1180. The van der Waals surface area contributed by atoms with E-state index in [9.17, 15) is 8.42 Å². The smallest absolute Gasteiger partial charge is 0.184 e. The van der Waals surface area contributed by atoms with Gasteiger partial charge in [0.15, 0.2) is 9.84 Å². The molecule has 0 N–H and O–H groups in total. The fourth-order valence-electron chi connectivity index (χ4n) is 6.47. The van der Waals surface area contributed by atoms with E-state index in [2.05, 4.69) is 68.2 Å². The maximum atomic E-state index is 14.4. The van der Waals surface area contributed by atoms with Crippen LogP contribution in [0.1, 0.15) is 41.0 Å². The Morgan fingerprint density at radius 1 is 0.700 bits per heavy atom. The second kappa shape index (κ2) is 6.41. The highest BCUT2D eigenvalue weighted by molar-refractivity contribution is 7.93. The summed E-state index contributed by atoms with van der Waals surface area (Å²) in [5.41, 5.74) is 5.13. The van der Waals surface area contributed by atoms with Gasteiger partial charge < -0.3 is 0 Å². The van der Waals surface area contributed by atoms with Crippen molar-refractivity contribution in [2.75, 3.05) is 0 Å². The van der Waals surface area contributed by atoms with Crippen molar-refractivity contribution in [1.82, 2.24) is 0 Å². The highest BCUT2D eigenvalue weighted by atomic mass is 32.2. The van der Waals surface area contributed by atoms with Crippen LogP contribution in [0, 0.1) is 0 Å². The van der Waals surface area contributed by atoms with Crippen molar-refractivity contribution in [2.24, 2.45) is 0 Å². The lowest BCUT2D eigenvalue weighted by Gasteiger charge is -2.59. The summed E-state index contributed by atoms with van der Waals surface area (Å²) in [5, 5.41) is 0. The molecule has 3 aliphatic rings. The molecule has 0 aromatic heterocycles. The third-order valence-electron chi connectivity index (χ3n) is 7.37. The van der Waals surface area contributed by atoms with Crippen LogP contribution in [-0.4, -0.2) is 21.2 Å². The molecule has 0 aliphatic heterocycles. The highest BCUT2D eigenvalue weighted by Crippen LogP contribution is 2.68. The van der Waals surface area contributed by atoms with Gasteiger partial charge in [-0.05, 0) is 46.9 Å². The second-order valence-electron chi connectivity index (χ2n) is 10.0. The molecule has 154 valence electrons. The van der Waals surface area contributed by atoms with Gasteiger partial charge in [-0.2, -0.15) is 0 Å². The standard InChI is InChI=1S/C26H28O2SSi/c1-26(29(27,28)18-12-6-5-7-13-18)24-21-16-10-8-14-19(21)23(25(26)30(2,3)4)20-15-9-11-17-22(20)24/h5-17,23-25H,1-4H3/t23?,24?,25-,26+/m1/s1. The molecule has 3 aromatic carbocycles. The predicted molar refractivity (Wildman–Crippen MR) is 126 cm³/mol. The lowest BCUT2D eigenvalue weighted by atomic mass is 9.58. The first-order valence-electron chi connectivity index (χ1n) is 10.7. The quantitative estimate of drug-likeness (QED) is 0.461. The summed E-state index contributed by atoms with van der Waals surface area (Å²) in [6, 6.07) is 26.2. The Hall–Kier alpha value is -2.17.